The number of hydrogen-bond acceptors (Lipinski definition) is 6. The summed E-state index contributed by atoms with van der Waals surface area (Å²) in [6.07, 6.45) is 1.58. The third-order valence-electron chi connectivity index (χ3n) is 4.99. The maximum Gasteiger partial charge on any atom is 0.233 e. The topological polar surface area (TPSA) is 80.5 Å². The number of anilines is 1. The standard InChI is InChI=1S/C23H21FN2O4S2/c1-15(2)32(28,29)19-8-5-16(6-9-19)12-22(27)26(14-18-4-3-11-30-18)23-25-20-10-7-17(24)13-21(20)31-23/h3-11,13,15H,12,14H2,1-2H3. The van der Waals surface area contributed by atoms with E-state index in [4.69, 9.17) is 4.42 Å². The van der Waals surface area contributed by atoms with Gasteiger partial charge >= 0.3 is 0 Å². The predicted octanol–water partition coefficient (Wildman–Crippen LogP) is 4.99. The van der Waals surface area contributed by atoms with E-state index in [1.807, 2.05) is 0 Å². The Kier molecular flexibility index (Phi) is 6.12. The first kappa shape index (κ1) is 22.2. The molecule has 32 heavy (non-hydrogen) atoms. The molecule has 0 aliphatic rings. The number of amides is 1. The van der Waals surface area contributed by atoms with Crippen molar-refractivity contribution in [1.82, 2.24) is 4.98 Å². The molecule has 0 unspecified atom stereocenters. The van der Waals surface area contributed by atoms with Crippen LogP contribution in [-0.4, -0.2) is 24.6 Å². The summed E-state index contributed by atoms with van der Waals surface area (Å²) in [5, 5.41) is -0.0892. The van der Waals surface area contributed by atoms with E-state index in [1.54, 1.807) is 44.2 Å². The van der Waals surface area contributed by atoms with Crippen molar-refractivity contribution in [3.8, 4) is 0 Å². The molecule has 166 valence electrons. The molecule has 0 N–H and O–H groups in total. The second kappa shape index (κ2) is 8.84. The molecule has 6 nitrogen and oxygen atoms in total. The number of hydrogen-bond donors (Lipinski definition) is 0. The molecule has 0 bridgehead atoms. The smallest absolute Gasteiger partial charge is 0.233 e. The molecule has 0 saturated carbocycles. The van der Waals surface area contributed by atoms with Crippen LogP contribution in [0, 0.1) is 5.82 Å². The Balaban J connectivity index is 1.61. The van der Waals surface area contributed by atoms with E-state index in [0.29, 0.717) is 26.7 Å². The van der Waals surface area contributed by atoms with E-state index in [-0.39, 0.29) is 29.6 Å². The van der Waals surface area contributed by atoms with Crippen molar-refractivity contribution in [1.29, 1.82) is 0 Å². The predicted molar refractivity (Wildman–Crippen MR) is 122 cm³/mol. The fourth-order valence-corrected chi connectivity index (χ4v) is 5.23. The van der Waals surface area contributed by atoms with Crippen molar-refractivity contribution in [3.63, 3.8) is 0 Å². The van der Waals surface area contributed by atoms with Gasteiger partial charge in [-0.2, -0.15) is 0 Å². The molecule has 9 heteroatoms. The first-order chi connectivity index (χ1) is 15.2. The summed E-state index contributed by atoms with van der Waals surface area (Å²) < 4.78 is 44.3. The van der Waals surface area contributed by atoms with E-state index in [9.17, 15) is 17.6 Å². The lowest BCUT2D eigenvalue weighted by Gasteiger charge is -2.19. The van der Waals surface area contributed by atoms with Crippen molar-refractivity contribution < 1.29 is 22.0 Å². The molecule has 0 fully saturated rings. The molecule has 0 atom stereocenters. The lowest BCUT2D eigenvalue weighted by atomic mass is 10.1. The summed E-state index contributed by atoms with van der Waals surface area (Å²) in [4.78, 5) is 19.5. The third-order valence-corrected chi connectivity index (χ3v) is 8.20. The fraction of sp³-hybridized carbons (Fsp3) is 0.217. The molecular weight excluding hydrogens is 451 g/mol. The Morgan fingerprint density at radius 3 is 2.56 bits per heavy atom. The molecule has 1 amide bonds. The number of thiazole rings is 1. The van der Waals surface area contributed by atoms with Crippen molar-refractivity contribution in [2.45, 2.75) is 37.0 Å². The van der Waals surface area contributed by atoms with Crippen LogP contribution in [0.1, 0.15) is 25.2 Å². The van der Waals surface area contributed by atoms with Crippen molar-refractivity contribution in [2.24, 2.45) is 0 Å². The molecular formula is C23H21FN2O4S2. The average Bonchev–Trinajstić information content (AvgIpc) is 3.41. The van der Waals surface area contributed by atoms with Crippen LogP contribution in [0.3, 0.4) is 0 Å². The highest BCUT2D eigenvalue weighted by molar-refractivity contribution is 7.92. The maximum absolute atomic E-state index is 13.6. The number of aromatic nitrogens is 1. The summed E-state index contributed by atoms with van der Waals surface area (Å²) in [7, 11) is -3.38. The van der Waals surface area contributed by atoms with Gasteiger partial charge in [0.2, 0.25) is 5.91 Å². The van der Waals surface area contributed by atoms with Gasteiger partial charge < -0.3 is 4.42 Å². The summed E-state index contributed by atoms with van der Waals surface area (Å²) in [5.74, 6) is -0.0180. The second-order valence-electron chi connectivity index (χ2n) is 7.58. The van der Waals surface area contributed by atoms with E-state index in [1.165, 1.54) is 46.8 Å². The summed E-state index contributed by atoms with van der Waals surface area (Å²) in [6.45, 7) is 3.43. The van der Waals surface area contributed by atoms with Gasteiger partial charge in [0, 0.05) is 0 Å². The molecule has 2 aromatic heterocycles. The number of sulfone groups is 1. The number of furan rings is 1. The second-order valence-corrected chi connectivity index (χ2v) is 11.1. The van der Waals surface area contributed by atoms with Gasteiger partial charge in [0.25, 0.3) is 0 Å². The minimum Gasteiger partial charge on any atom is -0.467 e. The van der Waals surface area contributed by atoms with Crippen molar-refractivity contribution in [3.05, 3.63) is 78.0 Å². The molecule has 0 aliphatic carbocycles. The fourth-order valence-electron chi connectivity index (χ4n) is 3.16. The zero-order chi connectivity index (χ0) is 22.9. The van der Waals surface area contributed by atoms with Crippen LogP contribution >= 0.6 is 11.3 Å². The molecule has 2 aromatic carbocycles. The van der Waals surface area contributed by atoms with E-state index < -0.39 is 15.1 Å². The highest BCUT2D eigenvalue weighted by Gasteiger charge is 2.23. The highest BCUT2D eigenvalue weighted by Crippen LogP contribution is 2.31. The van der Waals surface area contributed by atoms with Crippen molar-refractivity contribution >= 4 is 42.4 Å². The SMILES string of the molecule is CC(C)S(=O)(=O)c1ccc(CC(=O)N(Cc2ccco2)c2nc3ccc(F)cc3s2)cc1. The first-order valence-electron chi connectivity index (χ1n) is 9.96. The molecule has 0 aliphatic heterocycles. The monoisotopic (exact) mass is 472 g/mol. The van der Waals surface area contributed by atoms with E-state index in [0.717, 1.165) is 0 Å². The Labute approximate surface area is 189 Å². The zero-order valence-electron chi connectivity index (χ0n) is 17.5. The van der Waals surface area contributed by atoms with E-state index in [2.05, 4.69) is 4.98 Å². The number of nitrogens with zero attached hydrogens (tertiary/aromatic N) is 2. The minimum absolute atomic E-state index is 0.0486. The summed E-state index contributed by atoms with van der Waals surface area (Å²) >= 11 is 1.22. The minimum atomic E-state index is -3.38. The Morgan fingerprint density at radius 1 is 1.16 bits per heavy atom. The van der Waals surface area contributed by atoms with Crippen LogP contribution in [0.15, 0.2) is 70.2 Å². The van der Waals surface area contributed by atoms with Gasteiger partial charge in [0.15, 0.2) is 15.0 Å². The van der Waals surface area contributed by atoms with Crippen molar-refractivity contribution in [2.75, 3.05) is 4.90 Å². The average molecular weight is 473 g/mol. The molecule has 0 spiro atoms. The van der Waals surface area contributed by atoms with E-state index >= 15 is 0 Å². The van der Waals surface area contributed by atoms with Gasteiger partial charge in [-0.05, 0) is 61.9 Å². The summed E-state index contributed by atoms with van der Waals surface area (Å²) in [6, 6.07) is 14.1. The Bertz CT molecular complexity index is 1340. The number of rotatable bonds is 7. The third kappa shape index (κ3) is 4.58. The highest BCUT2D eigenvalue weighted by atomic mass is 32.2. The van der Waals surface area contributed by atoms with Gasteiger partial charge in [-0.1, -0.05) is 23.5 Å². The number of halogens is 1. The quantitative estimate of drug-likeness (QED) is 0.379. The van der Waals surface area contributed by atoms with Crippen LogP contribution in [-0.2, 0) is 27.6 Å². The van der Waals surface area contributed by atoms with Gasteiger partial charge in [-0.3, -0.25) is 9.69 Å². The number of carbonyl (C=O) groups is 1. The number of benzene rings is 2. The molecule has 0 radical (unpaired) electrons. The largest absolute Gasteiger partial charge is 0.467 e. The van der Waals surface area contributed by atoms with Gasteiger partial charge in [0.05, 0.1) is 39.6 Å². The van der Waals surface area contributed by atoms with Gasteiger partial charge in [-0.25, -0.2) is 17.8 Å². The Hall–Kier alpha value is -3.04. The normalized spacial score (nSPS) is 11.9. The first-order valence-corrected chi connectivity index (χ1v) is 12.3. The maximum atomic E-state index is 13.6. The van der Waals surface area contributed by atoms with Crippen LogP contribution in [0.4, 0.5) is 9.52 Å². The zero-order valence-corrected chi connectivity index (χ0v) is 19.1. The van der Waals surface area contributed by atoms with Crippen LogP contribution < -0.4 is 4.90 Å². The number of fused-ring (bicyclic) bond motifs is 1. The molecule has 4 aromatic rings. The van der Waals surface area contributed by atoms with Gasteiger partial charge in [-0.15, -0.1) is 0 Å². The molecule has 4 rings (SSSR count). The molecule has 2 heterocycles. The summed E-state index contributed by atoms with van der Waals surface area (Å²) in [5.41, 5.74) is 1.28. The lowest BCUT2D eigenvalue weighted by Crippen LogP contribution is -2.31. The van der Waals surface area contributed by atoms with Crippen LogP contribution in [0.2, 0.25) is 0 Å². The Morgan fingerprint density at radius 2 is 1.91 bits per heavy atom. The van der Waals surface area contributed by atoms with Crippen LogP contribution in [0.25, 0.3) is 10.2 Å². The van der Waals surface area contributed by atoms with Crippen LogP contribution in [0.5, 0.6) is 0 Å². The molecule has 0 saturated heterocycles. The van der Waals surface area contributed by atoms with Gasteiger partial charge in [0.1, 0.15) is 11.6 Å². The lowest BCUT2D eigenvalue weighted by molar-refractivity contribution is -0.118. The number of carbonyl (C=O) groups excluding carboxylic acids is 1.